The molecule has 0 aliphatic heterocycles. The van der Waals surface area contributed by atoms with E-state index in [1.807, 2.05) is 0 Å². The Labute approximate surface area is 280 Å². The average molecular weight is 727 g/mol. The molecule has 0 heterocycles. The van der Waals surface area contributed by atoms with E-state index in [1.165, 1.54) is 31.8 Å². The van der Waals surface area contributed by atoms with Crippen LogP contribution in [0.25, 0.3) is 0 Å². The predicted octanol–water partition coefficient (Wildman–Crippen LogP) is 7.08. The summed E-state index contributed by atoms with van der Waals surface area (Å²) in [6, 6.07) is 67.1. The monoisotopic (exact) mass is 727 g/mol. The van der Waals surface area contributed by atoms with Gasteiger partial charge in [0.25, 0.3) is 0 Å². The number of nitrogens with two attached hydrogens (primary N) is 1. The zero-order chi connectivity index (χ0) is 30.7. The van der Waals surface area contributed by atoms with Gasteiger partial charge in [-0.3, -0.25) is 0 Å². The van der Waals surface area contributed by atoms with Crippen LogP contribution in [0.3, 0.4) is 0 Å². The van der Waals surface area contributed by atoms with Crippen LogP contribution >= 0.6 is 23.8 Å². The molecule has 0 bridgehead atoms. The Bertz CT molecular complexity index is 1570. The van der Waals surface area contributed by atoms with E-state index in [2.05, 4.69) is 182 Å². The first-order valence-electron chi connectivity index (χ1n) is 15.3. The van der Waals surface area contributed by atoms with Crippen molar-refractivity contribution in [3.05, 3.63) is 182 Å². The van der Waals surface area contributed by atoms with Crippen molar-refractivity contribution in [2.75, 3.05) is 12.3 Å². The maximum atomic E-state index is 7.37. The van der Waals surface area contributed by atoms with Crippen LogP contribution in [0.5, 0.6) is 0 Å². The molecule has 0 spiro atoms. The molecule has 0 aliphatic carbocycles. The second kappa shape index (κ2) is 16.7. The van der Waals surface area contributed by atoms with Gasteiger partial charge in [0.2, 0.25) is 0 Å². The molecule has 0 amide bonds. The minimum atomic E-state index is -0.610. The van der Waals surface area contributed by atoms with Gasteiger partial charge < -0.3 is 0 Å². The summed E-state index contributed by atoms with van der Waals surface area (Å²) in [5, 5.41) is 8.63. The third-order valence-corrected chi connectivity index (χ3v) is 20.7. The van der Waals surface area contributed by atoms with Crippen molar-refractivity contribution in [1.29, 1.82) is 0 Å². The molecule has 1 nitrogen and oxygen atoms in total. The van der Waals surface area contributed by atoms with Gasteiger partial charge in [-0.05, 0) is 0 Å². The summed E-state index contributed by atoms with van der Waals surface area (Å²) in [5.41, 5.74) is 7.37. The Balaban J connectivity index is 1.40. The van der Waals surface area contributed by atoms with E-state index >= 15 is 0 Å². The first kappa shape index (κ1) is 32.1. The van der Waals surface area contributed by atoms with Crippen molar-refractivity contribution in [1.82, 2.24) is 0 Å². The van der Waals surface area contributed by atoms with Crippen LogP contribution in [0.1, 0.15) is 0 Å². The van der Waals surface area contributed by atoms with Crippen LogP contribution in [-0.4, -0.2) is 21.2 Å². The number of hydrogen-bond donors (Lipinski definition) is 1. The third kappa shape index (κ3) is 8.72. The van der Waals surface area contributed by atoms with Crippen LogP contribution in [0.2, 0.25) is 0 Å². The minimum absolute atomic E-state index is 0.143. The maximum absolute atomic E-state index is 7.37. The van der Waals surface area contributed by atoms with Gasteiger partial charge in [-0.25, -0.2) is 0 Å². The molecule has 6 aromatic carbocycles. The zero-order valence-corrected chi connectivity index (χ0v) is 29.6. The fraction of sp³-hybridized carbons (Fsp3) is 0.100. The number of rotatable bonds is 13. The van der Waals surface area contributed by atoms with Crippen molar-refractivity contribution in [2.24, 2.45) is 5.73 Å². The topological polar surface area (TPSA) is 26.0 Å². The second-order valence-electron chi connectivity index (χ2n) is 10.6. The predicted molar refractivity (Wildman–Crippen MR) is 199 cm³/mol. The van der Waals surface area contributed by atoms with Gasteiger partial charge in [0.15, 0.2) is 0 Å². The fourth-order valence-corrected chi connectivity index (χ4v) is 20.0. The molecule has 2 unspecified atom stereocenters. The normalized spacial score (nSPS) is 12.9. The molecule has 2 N–H and O–H groups in total. The van der Waals surface area contributed by atoms with E-state index in [9.17, 15) is 0 Å². The van der Waals surface area contributed by atoms with E-state index in [-0.39, 0.29) is 21.8 Å². The van der Waals surface area contributed by atoms with E-state index < -0.39 is 23.8 Å². The summed E-state index contributed by atoms with van der Waals surface area (Å²) >= 11 is -0.143. The van der Waals surface area contributed by atoms with Gasteiger partial charge >= 0.3 is 282 Å². The number of benzene rings is 6. The van der Waals surface area contributed by atoms with E-state index in [0.717, 1.165) is 12.3 Å². The van der Waals surface area contributed by atoms with Gasteiger partial charge in [-0.15, -0.1) is 0 Å². The fourth-order valence-electron chi connectivity index (χ4n) is 5.49. The Morgan fingerprint density at radius 2 is 0.644 bits per heavy atom. The standard InChI is InChI=1S/C26H23P2.C14H15NP.Ru/c1-5-13-23(14-6-1)27(24-15-7-2-8-16-24)21-22-28(25-17-9-3-10-18-25)26-19-11-4-12-20-26;15-11-12-16(13-7-3-1-4-8-13)14-9-5-2-6-10-14;/h1-21H,22H2;1-11H,12,15H2;. The summed E-state index contributed by atoms with van der Waals surface area (Å²) in [6.45, 7) is 0. The molecule has 2 atom stereocenters. The Morgan fingerprint density at radius 1 is 0.378 bits per heavy atom. The summed E-state index contributed by atoms with van der Waals surface area (Å²) in [5.74, 6) is 0. The molecular weight excluding hydrogens is 688 g/mol. The summed E-state index contributed by atoms with van der Waals surface area (Å²) in [4.78, 5) is 0. The summed E-state index contributed by atoms with van der Waals surface area (Å²) in [7, 11) is -1.71. The van der Waals surface area contributed by atoms with E-state index in [1.54, 1.807) is 0 Å². The molecule has 45 heavy (non-hydrogen) atoms. The van der Waals surface area contributed by atoms with Crippen LogP contribution in [-0.2, 0) is 17.1 Å². The molecule has 0 aliphatic rings. The van der Waals surface area contributed by atoms with Gasteiger partial charge in [-0.2, -0.15) is 0 Å². The van der Waals surface area contributed by atoms with Crippen LogP contribution in [0.15, 0.2) is 182 Å². The third-order valence-electron chi connectivity index (χ3n) is 7.58. The SMILES string of the molecule is N[CH](CP(c1ccccc1)c1ccccc1)[Ru][CH](CP(c1ccccc1)c1ccccc1)P(c1ccccc1)c1ccccc1. The van der Waals surface area contributed by atoms with Crippen molar-refractivity contribution in [2.45, 2.75) is 8.89 Å². The van der Waals surface area contributed by atoms with Crippen molar-refractivity contribution >= 4 is 55.6 Å². The van der Waals surface area contributed by atoms with Gasteiger partial charge in [-0.1, -0.05) is 0 Å². The average Bonchev–Trinajstić information content (AvgIpc) is 3.12. The molecule has 0 saturated heterocycles. The van der Waals surface area contributed by atoms with E-state index in [4.69, 9.17) is 5.73 Å². The molecule has 0 aromatic heterocycles. The first-order valence-corrected chi connectivity index (χ1v) is 21.7. The summed E-state index contributed by atoms with van der Waals surface area (Å²) < 4.78 is 0.663. The summed E-state index contributed by atoms with van der Waals surface area (Å²) in [6.07, 6.45) is 2.15. The van der Waals surface area contributed by atoms with Gasteiger partial charge in [0, 0.05) is 0 Å². The van der Waals surface area contributed by atoms with E-state index in [0.29, 0.717) is 4.25 Å². The molecule has 226 valence electrons. The van der Waals surface area contributed by atoms with Crippen molar-refractivity contribution < 1.29 is 17.1 Å². The Kier molecular flexibility index (Phi) is 11.9. The molecule has 6 aromatic rings. The molecule has 6 rings (SSSR count). The van der Waals surface area contributed by atoms with Gasteiger partial charge in [0.1, 0.15) is 0 Å². The van der Waals surface area contributed by atoms with Crippen LogP contribution < -0.4 is 37.6 Å². The molecule has 0 saturated carbocycles. The molecule has 0 radical (unpaired) electrons. The quantitative estimate of drug-likeness (QED) is 0.100. The van der Waals surface area contributed by atoms with Gasteiger partial charge in [0.05, 0.1) is 0 Å². The molecular formula is C40H38NP3Ru. The Hall–Kier alpha value is -2.81. The second-order valence-corrected chi connectivity index (χ2v) is 21.4. The molecule has 5 heteroatoms. The Morgan fingerprint density at radius 3 is 0.956 bits per heavy atom. The molecule has 0 fully saturated rings. The zero-order valence-electron chi connectivity index (χ0n) is 25.2. The van der Waals surface area contributed by atoms with Crippen molar-refractivity contribution in [3.63, 3.8) is 0 Å². The number of hydrogen-bond acceptors (Lipinski definition) is 1. The van der Waals surface area contributed by atoms with Crippen LogP contribution in [0.4, 0.5) is 0 Å². The van der Waals surface area contributed by atoms with Crippen molar-refractivity contribution in [3.8, 4) is 0 Å². The van der Waals surface area contributed by atoms with Crippen LogP contribution in [0, 0.1) is 0 Å². The first-order chi connectivity index (χ1) is 22.3.